The summed E-state index contributed by atoms with van der Waals surface area (Å²) in [6.45, 7) is 7.91. The Hall–Kier alpha value is -1.70. The Labute approximate surface area is 124 Å². The van der Waals surface area contributed by atoms with E-state index in [9.17, 15) is 9.59 Å². The average molecular weight is 302 g/mol. The first-order chi connectivity index (χ1) is 10.1. The van der Waals surface area contributed by atoms with Crippen molar-refractivity contribution in [2.24, 2.45) is 0 Å². The second-order valence-electron chi connectivity index (χ2n) is 3.77. The molecule has 0 bridgehead atoms. The summed E-state index contributed by atoms with van der Waals surface area (Å²) in [5.41, 5.74) is 0. The number of carbonyl (C=O) groups excluding carboxylic acids is 2. The lowest BCUT2D eigenvalue weighted by Gasteiger charge is -2.17. The number of methoxy groups -OCH3 is 1. The zero-order chi connectivity index (χ0) is 15.9. The van der Waals surface area contributed by atoms with Crippen molar-refractivity contribution < 1.29 is 33.3 Å². The molecule has 0 radical (unpaired) electrons. The molecule has 1 atom stereocenters. The van der Waals surface area contributed by atoms with Crippen LogP contribution in [0.3, 0.4) is 0 Å². The maximum Gasteiger partial charge on any atom is 0.330 e. The highest BCUT2D eigenvalue weighted by Crippen LogP contribution is 1.96. The first-order valence-corrected chi connectivity index (χ1v) is 6.40. The van der Waals surface area contributed by atoms with Crippen LogP contribution < -0.4 is 0 Å². The molecule has 0 heterocycles. The van der Waals surface area contributed by atoms with Crippen LogP contribution in [0.15, 0.2) is 25.3 Å². The number of rotatable bonds is 13. The van der Waals surface area contributed by atoms with Gasteiger partial charge in [-0.05, 0) is 0 Å². The molecule has 0 amide bonds. The average Bonchev–Trinajstić information content (AvgIpc) is 2.50. The second-order valence-corrected chi connectivity index (χ2v) is 3.77. The van der Waals surface area contributed by atoms with Gasteiger partial charge >= 0.3 is 11.9 Å². The maximum absolute atomic E-state index is 10.8. The molecule has 0 spiro atoms. The standard InChI is InChI=1S/C14H22O7/c1-4-13(15)20-7-6-18-11-12(10-17-3)19-8-9-21-14(16)5-2/h4-5,12H,1-2,6-11H2,3H3. The summed E-state index contributed by atoms with van der Waals surface area (Å²) in [5, 5.41) is 0. The first-order valence-electron chi connectivity index (χ1n) is 6.40. The molecule has 0 rings (SSSR count). The van der Waals surface area contributed by atoms with E-state index in [4.69, 9.17) is 23.7 Å². The molecule has 0 aliphatic heterocycles. The second kappa shape index (κ2) is 13.3. The van der Waals surface area contributed by atoms with Crippen molar-refractivity contribution in [1.82, 2.24) is 0 Å². The summed E-state index contributed by atoms with van der Waals surface area (Å²) in [6.07, 6.45) is 1.87. The van der Waals surface area contributed by atoms with Crippen LogP contribution in [0.4, 0.5) is 0 Å². The third kappa shape index (κ3) is 11.8. The van der Waals surface area contributed by atoms with Gasteiger partial charge in [0.1, 0.15) is 19.3 Å². The largest absolute Gasteiger partial charge is 0.460 e. The van der Waals surface area contributed by atoms with Crippen molar-refractivity contribution in [2.45, 2.75) is 6.10 Å². The lowest BCUT2D eigenvalue weighted by Crippen LogP contribution is -2.27. The molecule has 0 aliphatic carbocycles. The van der Waals surface area contributed by atoms with E-state index in [0.29, 0.717) is 6.61 Å². The minimum atomic E-state index is -0.498. The molecule has 1 unspecified atom stereocenters. The predicted molar refractivity (Wildman–Crippen MR) is 74.7 cm³/mol. The number of ether oxygens (including phenoxy) is 5. The van der Waals surface area contributed by atoms with Gasteiger partial charge in [0, 0.05) is 19.3 Å². The van der Waals surface area contributed by atoms with Crippen molar-refractivity contribution in [3.05, 3.63) is 25.3 Å². The van der Waals surface area contributed by atoms with Gasteiger partial charge in [0.05, 0.1) is 26.4 Å². The molecule has 21 heavy (non-hydrogen) atoms. The Morgan fingerprint density at radius 2 is 1.52 bits per heavy atom. The summed E-state index contributed by atoms with van der Waals surface area (Å²) in [6, 6.07) is 0. The van der Waals surface area contributed by atoms with Crippen LogP contribution in [0, 0.1) is 0 Å². The lowest BCUT2D eigenvalue weighted by atomic mass is 10.4. The summed E-state index contributed by atoms with van der Waals surface area (Å²) in [4.78, 5) is 21.6. The van der Waals surface area contributed by atoms with Gasteiger partial charge < -0.3 is 23.7 Å². The van der Waals surface area contributed by atoms with Crippen molar-refractivity contribution in [1.29, 1.82) is 0 Å². The third-order valence-electron chi connectivity index (χ3n) is 2.14. The van der Waals surface area contributed by atoms with E-state index in [1.54, 1.807) is 7.11 Å². The summed E-state index contributed by atoms with van der Waals surface area (Å²) in [7, 11) is 1.54. The molecule has 0 aromatic carbocycles. The van der Waals surface area contributed by atoms with Gasteiger partial charge in [-0.2, -0.15) is 0 Å². The Bertz CT molecular complexity index is 327. The lowest BCUT2D eigenvalue weighted by molar-refractivity contribution is -0.143. The SMILES string of the molecule is C=CC(=O)OCCOCC(COC)OCCOC(=O)C=C. The Morgan fingerprint density at radius 1 is 0.952 bits per heavy atom. The highest BCUT2D eigenvalue weighted by Gasteiger charge is 2.09. The normalized spacial score (nSPS) is 11.5. The zero-order valence-electron chi connectivity index (χ0n) is 12.2. The quantitative estimate of drug-likeness (QED) is 0.278. The fourth-order valence-corrected chi connectivity index (χ4v) is 1.22. The van der Waals surface area contributed by atoms with Crippen LogP contribution in [-0.4, -0.2) is 64.8 Å². The highest BCUT2D eigenvalue weighted by atomic mass is 16.6. The van der Waals surface area contributed by atoms with Crippen molar-refractivity contribution in [3.63, 3.8) is 0 Å². The number of esters is 2. The smallest absolute Gasteiger partial charge is 0.330 e. The van der Waals surface area contributed by atoms with Crippen LogP contribution in [0.25, 0.3) is 0 Å². The Balaban J connectivity index is 3.70. The molecule has 0 aromatic rings. The van der Waals surface area contributed by atoms with Crippen molar-refractivity contribution in [2.75, 3.05) is 46.8 Å². The van der Waals surface area contributed by atoms with Gasteiger partial charge in [0.25, 0.3) is 0 Å². The minimum Gasteiger partial charge on any atom is -0.460 e. The number of hydrogen-bond donors (Lipinski definition) is 0. The van der Waals surface area contributed by atoms with Crippen LogP contribution in [-0.2, 0) is 33.3 Å². The van der Waals surface area contributed by atoms with Gasteiger partial charge in [0.2, 0.25) is 0 Å². The van der Waals surface area contributed by atoms with E-state index in [1.807, 2.05) is 0 Å². The zero-order valence-corrected chi connectivity index (χ0v) is 12.2. The van der Waals surface area contributed by atoms with Crippen LogP contribution >= 0.6 is 0 Å². The molecule has 0 fully saturated rings. The van der Waals surface area contributed by atoms with Gasteiger partial charge in [0.15, 0.2) is 0 Å². The molecule has 0 aromatic heterocycles. The Morgan fingerprint density at radius 3 is 2.05 bits per heavy atom. The van der Waals surface area contributed by atoms with Crippen molar-refractivity contribution in [3.8, 4) is 0 Å². The Kier molecular flexibility index (Phi) is 12.2. The molecule has 7 nitrogen and oxygen atoms in total. The van der Waals surface area contributed by atoms with Gasteiger partial charge in [-0.1, -0.05) is 13.2 Å². The van der Waals surface area contributed by atoms with E-state index in [1.165, 1.54) is 0 Å². The van der Waals surface area contributed by atoms with Gasteiger partial charge in [-0.25, -0.2) is 9.59 Å². The van der Waals surface area contributed by atoms with E-state index >= 15 is 0 Å². The number of hydrogen-bond acceptors (Lipinski definition) is 7. The molecule has 0 saturated carbocycles. The van der Waals surface area contributed by atoms with Gasteiger partial charge in [-0.3, -0.25) is 0 Å². The molecule has 0 saturated heterocycles. The maximum atomic E-state index is 10.8. The topological polar surface area (TPSA) is 80.3 Å². The van der Waals surface area contributed by atoms with E-state index in [0.717, 1.165) is 12.2 Å². The fourth-order valence-electron chi connectivity index (χ4n) is 1.22. The molecular weight excluding hydrogens is 280 g/mol. The monoisotopic (exact) mass is 302 g/mol. The number of carbonyl (C=O) groups is 2. The summed E-state index contributed by atoms with van der Waals surface area (Å²) >= 11 is 0. The third-order valence-corrected chi connectivity index (χ3v) is 2.14. The molecular formula is C14H22O7. The van der Waals surface area contributed by atoms with E-state index in [-0.39, 0.29) is 39.1 Å². The highest BCUT2D eigenvalue weighted by molar-refractivity contribution is 5.81. The predicted octanol–water partition coefficient (Wildman–Crippen LogP) is 0.493. The van der Waals surface area contributed by atoms with Gasteiger partial charge in [-0.15, -0.1) is 0 Å². The van der Waals surface area contributed by atoms with Crippen LogP contribution in [0.1, 0.15) is 0 Å². The molecule has 0 aliphatic rings. The summed E-state index contributed by atoms with van der Waals surface area (Å²) < 4.78 is 25.3. The van der Waals surface area contributed by atoms with E-state index < -0.39 is 11.9 Å². The fraction of sp³-hybridized carbons (Fsp3) is 0.571. The minimum absolute atomic E-state index is 0.127. The first kappa shape index (κ1) is 19.3. The molecule has 120 valence electrons. The molecule has 7 heteroatoms. The van der Waals surface area contributed by atoms with Crippen LogP contribution in [0.2, 0.25) is 0 Å². The van der Waals surface area contributed by atoms with Crippen molar-refractivity contribution >= 4 is 11.9 Å². The van der Waals surface area contributed by atoms with Crippen LogP contribution in [0.5, 0.6) is 0 Å². The van der Waals surface area contributed by atoms with E-state index in [2.05, 4.69) is 13.2 Å². The molecule has 0 N–H and O–H groups in total. The summed E-state index contributed by atoms with van der Waals surface area (Å²) in [5.74, 6) is -0.991.